The molecule has 0 saturated heterocycles. The van der Waals surface area contributed by atoms with Gasteiger partial charge in [0.15, 0.2) is 0 Å². The minimum absolute atomic E-state index is 0.315. The predicted octanol–water partition coefficient (Wildman–Crippen LogP) is 3.87. The fourth-order valence-corrected chi connectivity index (χ4v) is 2.71. The van der Waals surface area contributed by atoms with Gasteiger partial charge in [0.05, 0.1) is 5.92 Å². The quantitative estimate of drug-likeness (QED) is 0.593. The second-order valence-corrected chi connectivity index (χ2v) is 5.94. The smallest absolute Gasteiger partial charge is 0.223 e. The van der Waals surface area contributed by atoms with Crippen molar-refractivity contribution < 1.29 is 13.9 Å². The Kier molecular flexibility index (Phi) is 6.12. The number of halogens is 1. The first-order valence-corrected chi connectivity index (χ1v) is 8.56. The number of aldehydes is 1. The van der Waals surface area contributed by atoms with Crippen molar-refractivity contribution in [2.24, 2.45) is 5.73 Å². The monoisotopic (exact) mass is 365 g/mol. The number of carbonyl (C=O) groups is 1. The molecule has 0 bridgehead atoms. The number of hydrogen-bond acceptors (Lipinski definition) is 5. The number of pyridine rings is 1. The predicted molar refractivity (Wildman–Crippen MR) is 102 cm³/mol. The molecule has 1 unspecified atom stereocenters. The molecule has 0 aliphatic rings. The highest BCUT2D eigenvalue weighted by Crippen LogP contribution is 2.28. The molecule has 5 nitrogen and oxygen atoms in total. The van der Waals surface area contributed by atoms with Crippen molar-refractivity contribution in [3.63, 3.8) is 0 Å². The molecule has 3 aromatic rings. The molecule has 0 saturated carbocycles. The van der Waals surface area contributed by atoms with Gasteiger partial charge in [-0.2, -0.15) is 0 Å². The Morgan fingerprint density at radius 2 is 1.89 bits per heavy atom. The van der Waals surface area contributed by atoms with Crippen LogP contribution in [0.2, 0.25) is 0 Å². The lowest BCUT2D eigenvalue weighted by atomic mass is 10.0. The van der Waals surface area contributed by atoms with E-state index in [0.717, 1.165) is 17.5 Å². The van der Waals surface area contributed by atoms with Crippen LogP contribution < -0.4 is 15.8 Å². The van der Waals surface area contributed by atoms with E-state index in [1.165, 1.54) is 24.3 Å². The van der Waals surface area contributed by atoms with Gasteiger partial charge in [0.25, 0.3) is 0 Å². The molecule has 138 valence electrons. The van der Waals surface area contributed by atoms with E-state index in [4.69, 9.17) is 10.5 Å². The molecule has 27 heavy (non-hydrogen) atoms. The maximum atomic E-state index is 13.1. The molecule has 0 aliphatic heterocycles. The van der Waals surface area contributed by atoms with Crippen molar-refractivity contribution in [1.29, 1.82) is 0 Å². The van der Waals surface area contributed by atoms with Crippen LogP contribution in [0.4, 0.5) is 10.1 Å². The van der Waals surface area contributed by atoms with Crippen LogP contribution >= 0.6 is 0 Å². The first-order valence-electron chi connectivity index (χ1n) is 8.56. The van der Waals surface area contributed by atoms with E-state index in [9.17, 15) is 9.18 Å². The van der Waals surface area contributed by atoms with Crippen LogP contribution in [-0.4, -0.2) is 17.8 Å². The van der Waals surface area contributed by atoms with Crippen LogP contribution in [0.15, 0.2) is 66.9 Å². The van der Waals surface area contributed by atoms with E-state index in [-0.39, 0.29) is 5.82 Å². The molecule has 1 aromatic heterocycles. The minimum atomic E-state index is -0.472. The molecule has 3 rings (SSSR count). The average molecular weight is 365 g/mol. The number of nitrogens with one attached hydrogen (secondary N) is 1. The van der Waals surface area contributed by atoms with Crippen LogP contribution in [0.5, 0.6) is 11.6 Å². The van der Waals surface area contributed by atoms with E-state index in [0.29, 0.717) is 30.3 Å². The molecule has 6 heteroatoms. The van der Waals surface area contributed by atoms with Gasteiger partial charge in [0.2, 0.25) is 5.88 Å². The van der Waals surface area contributed by atoms with Gasteiger partial charge in [-0.05, 0) is 42.0 Å². The highest BCUT2D eigenvalue weighted by atomic mass is 19.1. The van der Waals surface area contributed by atoms with Crippen LogP contribution in [0.3, 0.4) is 0 Å². The third-order valence-corrected chi connectivity index (χ3v) is 4.14. The molecule has 0 amide bonds. The molecule has 1 heterocycles. The summed E-state index contributed by atoms with van der Waals surface area (Å²) in [4.78, 5) is 16.0. The summed E-state index contributed by atoms with van der Waals surface area (Å²) in [5, 5.41) is 3.27. The Balaban J connectivity index is 1.79. The maximum absolute atomic E-state index is 13.1. The second kappa shape index (κ2) is 8.91. The fourth-order valence-electron chi connectivity index (χ4n) is 2.71. The summed E-state index contributed by atoms with van der Waals surface area (Å²) >= 11 is 0. The van der Waals surface area contributed by atoms with Crippen LogP contribution in [0.1, 0.15) is 17.0 Å². The lowest BCUT2D eigenvalue weighted by molar-refractivity contribution is -0.108. The Hall–Kier alpha value is -3.25. The number of aromatic nitrogens is 1. The molecular formula is C21H20FN3O2. The van der Waals surface area contributed by atoms with Crippen molar-refractivity contribution in [2.45, 2.75) is 12.5 Å². The van der Waals surface area contributed by atoms with Crippen molar-refractivity contribution in [3.05, 3.63) is 83.8 Å². The van der Waals surface area contributed by atoms with E-state index in [1.807, 2.05) is 24.3 Å². The third kappa shape index (κ3) is 4.68. The highest BCUT2D eigenvalue weighted by Gasteiger charge is 2.17. The highest BCUT2D eigenvalue weighted by molar-refractivity contribution is 5.66. The summed E-state index contributed by atoms with van der Waals surface area (Å²) in [6, 6.07) is 16.9. The number of hydrogen-bond donors (Lipinski definition) is 2. The summed E-state index contributed by atoms with van der Waals surface area (Å²) in [5.41, 5.74) is 8.26. The molecule has 0 fully saturated rings. The van der Waals surface area contributed by atoms with Gasteiger partial charge in [0, 0.05) is 30.5 Å². The lowest BCUT2D eigenvalue weighted by Crippen LogP contribution is -2.16. The van der Waals surface area contributed by atoms with Gasteiger partial charge in [-0.1, -0.05) is 24.3 Å². The number of ether oxygens (including phenoxy) is 1. The van der Waals surface area contributed by atoms with Gasteiger partial charge in [0.1, 0.15) is 17.9 Å². The molecule has 0 spiro atoms. The Labute approximate surface area is 157 Å². The van der Waals surface area contributed by atoms with Gasteiger partial charge in [-0.3, -0.25) is 0 Å². The lowest BCUT2D eigenvalue weighted by Gasteiger charge is -2.17. The zero-order chi connectivity index (χ0) is 19.1. The Bertz CT molecular complexity index is 900. The van der Waals surface area contributed by atoms with Gasteiger partial charge >= 0.3 is 0 Å². The Morgan fingerprint density at radius 3 is 2.63 bits per heavy atom. The van der Waals surface area contributed by atoms with Crippen LogP contribution in [0, 0.1) is 5.82 Å². The fraction of sp³-hybridized carbons (Fsp3) is 0.143. The van der Waals surface area contributed by atoms with E-state index in [1.54, 1.807) is 18.3 Å². The van der Waals surface area contributed by atoms with Gasteiger partial charge < -0.3 is 20.6 Å². The number of nitrogens with two attached hydrogens (primary N) is 1. The summed E-state index contributed by atoms with van der Waals surface area (Å²) < 4.78 is 18.8. The maximum Gasteiger partial charge on any atom is 0.223 e. The SMILES string of the molecule is NCc1ccccc1NCC(C=O)c1cccnc1Oc1ccc(F)cc1. The molecule has 2 aromatic carbocycles. The minimum Gasteiger partial charge on any atom is -0.439 e. The largest absolute Gasteiger partial charge is 0.439 e. The second-order valence-electron chi connectivity index (χ2n) is 5.94. The van der Waals surface area contributed by atoms with Crippen molar-refractivity contribution >= 4 is 12.0 Å². The first kappa shape index (κ1) is 18.5. The van der Waals surface area contributed by atoms with E-state index >= 15 is 0 Å². The van der Waals surface area contributed by atoms with Crippen LogP contribution in [-0.2, 0) is 11.3 Å². The van der Waals surface area contributed by atoms with Gasteiger partial charge in [-0.25, -0.2) is 9.37 Å². The zero-order valence-corrected chi connectivity index (χ0v) is 14.6. The summed E-state index contributed by atoms with van der Waals surface area (Å²) in [6.07, 6.45) is 2.44. The van der Waals surface area contributed by atoms with Crippen molar-refractivity contribution in [2.75, 3.05) is 11.9 Å². The average Bonchev–Trinajstić information content (AvgIpc) is 2.71. The Morgan fingerprint density at radius 1 is 1.11 bits per heavy atom. The summed E-state index contributed by atoms with van der Waals surface area (Å²) in [7, 11) is 0. The number of nitrogens with zero attached hydrogens (tertiary/aromatic N) is 1. The standard InChI is InChI=1S/C21H20FN3O2/c22-17-7-9-18(10-8-17)27-21-19(5-3-11-24-21)16(14-26)13-25-20-6-2-1-4-15(20)12-23/h1-11,14,16,25H,12-13,23H2. The number of anilines is 1. The molecule has 0 radical (unpaired) electrons. The molecule has 1 atom stereocenters. The van der Waals surface area contributed by atoms with Crippen molar-refractivity contribution in [1.82, 2.24) is 4.98 Å². The molecule has 3 N–H and O–H groups in total. The number of rotatable bonds is 8. The van der Waals surface area contributed by atoms with E-state index < -0.39 is 5.92 Å². The first-order chi connectivity index (χ1) is 13.2. The third-order valence-electron chi connectivity index (χ3n) is 4.14. The van der Waals surface area contributed by atoms with Crippen LogP contribution in [0.25, 0.3) is 0 Å². The van der Waals surface area contributed by atoms with Crippen molar-refractivity contribution in [3.8, 4) is 11.6 Å². The summed E-state index contributed by atoms with van der Waals surface area (Å²) in [6.45, 7) is 0.771. The van der Waals surface area contributed by atoms with Gasteiger partial charge in [-0.15, -0.1) is 0 Å². The number of carbonyl (C=O) groups excluding carboxylic acids is 1. The zero-order valence-electron chi connectivity index (χ0n) is 14.6. The summed E-state index contributed by atoms with van der Waals surface area (Å²) in [5.74, 6) is -0.0605. The topological polar surface area (TPSA) is 77.2 Å². The number of benzene rings is 2. The molecular weight excluding hydrogens is 345 g/mol. The van der Waals surface area contributed by atoms with E-state index in [2.05, 4.69) is 10.3 Å². The number of para-hydroxylation sites is 1. The normalized spacial score (nSPS) is 11.6. The molecule has 0 aliphatic carbocycles.